The number of carbonyl (C=O) groups is 2. The molecule has 0 rings (SSSR count). The van der Waals surface area contributed by atoms with Crippen molar-refractivity contribution in [2.45, 2.75) is 214 Å². The standard InChI is InChI=1S/C45H86N2O7S/c1-5-9-11-13-15-17-19-21-23-25-27-29-31-33-35-37-44(48)52-41-43(54-55(50,51)46-39-40-47(7-3)8-4)42-53-45(49)38-36-34-32-30-28-26-24-22-20-18-16-14-12-10-6-2/h21-24,43,46H,5-20,25-42H2,1-4H3. The van der Waals surface area contributed by atoms with Gasteiger partial charge in [-0.15, -0.1) is 0 Å². The summed E-state index contributed by atoms with van der Waals surface area (Å²) in [5.74, 6) is -0.810. The SMILES string of the molecule is CCCCCCCCC=CCCCCCCCC(=O)OCC(COC(=O)CCCCCCCC=CCCCCCCCC)OS(=O)(=O)NCCN(CC)CC. The second-order valence-corrected chi connectivity index (χ2v) is 16.5. The third kappa shape index (κ3) is 38.9. The molecule has 0 aromatic rings. The number of hydrogen-bond acceptors (Lipinski definition) is 8. The van der Waals surface area contributed by atoms with Crippen molar-refractivity contribution in [2.24, 2.45) is 0 Å². The van der Waals surface area contributed by atoms with E-state index >= 15 is 0 Å². The lowest BCUT2D eigenvalue weighted by molar-refractivity contribution is -0.151. The Balaban J connectivity index is 4.39. The summed E-state index contributed by atoms with van der Waals surface area (Å²) in [5, 5.41) is 0. The van der Waals surface area contributed by atoms with Gasteiger partial charge in [0.05, 0.1) is 0 Å². The molecular weight excluding hydrogens is 713 g/mol. The maximum absolute atomic E-state index is 12.7. The molecule has 0 aromatic heterocycles. The minimum atomic E-state index is -4.14. The van der Waals surface area contributed by atoms with Crippen LogP contribution in [-0.2, 0) is 33.6 Å². The zero-order valence-electron chi connectivity index (χ0n) is 36.1. The van der Waals surface area contributed by atoms with E-state index in [1.54, 1.807) is 0 Å². The Hall–Kier alpha value is -1.75. The Kier molecular flexibility index (Phi) is 39.2. The summed E-state index contributed by atoms with van der Waals surface area (Å²) < 4.78 is 44.0. The second-order valence-electron chi connectivity index (χ2n) is 15.1. The van der Waals surface area contributed by atoms with Crippen molar-refractivity contribution in [3.8, 4) is 0 Å². The molecule has 55 heavy (non-hydrogen) atoms. The van der Waals surface area contributed by atoms with Gasteiger partial charge in [-0.25, -0.2) is 4.18 Å². The highest BCUT2D eigenvalue weighted by Gasteiger charge is 2.23. The first-order valence-electron chi connectivity index (χ1n) is 22.8. The van der Waals surface area contributed by atoms with Gasteiger partial charge in [0.25, 0.3) is 0 Å². The number of carbonyl (C=O) groups excluding carboxylic acids is 2. The van der Waals surface area contributed by atoms with Crippen molar-refractivity contribution < 1.29 is 31.7 Å². The molecule has 0 unspecified atom stereocenters. The van der Waals surface area contributed by atoms with E-state index in [9.17, 15) is 18.0 Å². The van der Waals surface area contributed by atoms with Gasteiger partial charge in [-0.1, -0.05) is 155 Å². The summed E-state index contributed by atoms with van der Waals surface area (Å²) in [6, 6.07) is 0. The number of ether oxygens (including phenoxy) is 2. The van der Waals surface area contributed by atoms with Crippen LogP contribution < -0.4 is 4.72 Å². The molecule has 0 saturated heterocycles. The van der Waals surface area contributed by atoms with Gasteiger partial charge in [-0.2, -0.15) is 13.1 Å². The molecule has 324 valence electrons. The lowest BCUT2D eigenvalue weighted by Gasteiger charge is -2.20. The molecule has 0 atom stereocenters. The van der Waals surface area contributed by atoms with Gasteiger partial charge in [-0.3, -0.25) is 9.59 Å². The topological polar surface area (TPSA) is 111 Å². The number of hydrogen-bond donors (Lipinski definition) is 1. The summed E-state index contributed by atoms with van der Waals surface area (Å²) in [6.07, 6.45) is 39.2. The van der Waals surface area contributed by atoms with E-state index < -0.39 is 28.3 Å². The number of likely N-dealkylation sites (N-methyl/N-ethyl adjacent to an activating group) is 1. The van der Waals surface area contributed by atoms with E-state index in [1.807, 2.05) is 13.8 Å². The van der Waals surface area contributed by atoms with Crippen LogP contribution in [0.1, 0.15) is 207 Å². The summed E-state index contributed by atoms with van der Waals surface area (Å²) in [6.45, 7) is 10.3. The highest BCUT2D eigenvalue weighted by Crippen LogP contribution is 2.13. The Morgan fingerprint density at radius 2 is 0.873 bits per heavy atom. The number of unbranched alkanes of at least 4 members (excludes halogenated alkanes) is 22. The zero-order chi connectivity index (χ0) is 40.5. The third-order valence-corrected chi connectivity index (χ3v) is 11.1. The molecule has 0 fully saturated rings. The van der Waals surface area contributed by atoms with Crippen molar-refractivity contribution in [1.82, 2.24) is 9.62 Å². The van der Waals surface area contributed by atoms with E-state index in [0.717, 1.165) is 77.3 Å². The van der Waals surface area contributed by atoms with E-state index in [4.69, 9.17) is 13.7 Å². The van der Waals surface area contributed by atoms with Crippen LogP contribution in [0.3, 0.4) is 0 Å². The fraction of sp³-hybridized carbons (Fsp3) is 0.867. The molecule has 0 spiro atoms. The summed E-state index contributed by atoms with van der Waals surface area (Å²) in [4.78, 5) is 27.1. The number of nitrogens with zero attached hydrogens (tertiary/aromatic N) is 1. The molecule has 0 heterocycles. The lowest BCUT2D eigenvalue weighted by atomic mass is 10.1. The summed E-state index contributed by atoms with van der Waals surface area (Å²) in [5.41, 5.74) is 0. The van der Waals surface area contributed by atoms with Gasteiger partial charge in [0.2, 0.25) is 0 Å². The first-order chi connectivity index (χ1) is 26.8. The van der Waals surface area contributed by atoms with E-state index in [-0.39, 0.29) is 32.6 Å². The molecule has 0 aromatic carbocycles. The van der Waals surface area contributed by atoms with E-state index in [1.165, 1.54) is 89.9 Å². The van der Waals surface area contributed by atoms with Crippen LogP contribution in [0, 0.1) is 0 Å². The first kappa shape index (κ1) is 53.2. The van der Waals surface area contributed by atoms with Gasteiger partial charge in [-0.05, 0) is 77.3 Å². The predicted molar refractivity (Wildman–Crippen MR) is 230 cm³/mol. The van der Waals surface area contributed by atoms with Crippen LogP contribution >= 0.6 is 0 Å². The van der Waals surface area contributed by atoms with Crippen LogP contribution in [0.15, 0.2) is 24.3 Å². The van der Waals surface area contributed by atoms with Crippen LogP contribution in [0.2, 0.25) is 0 Å². The Morgan fingerprint density at radius 3 is 1.24 bits per heavy atom. The van der Waals surface area contributed by atoms with Crippen LogP contribution in [0.5, 0.6) is 0 Å². The Labute approximate surface area is 339 Å². The molecule has 0 aliphatic carbocycles. The van der Waals surface area contributed by atoms with Gasteiger partial charge in [0.1, 0.15) is 19.3 Å². The first-order valence-corrected chi connectivity index (χ1v) is 24.2. The maximum atomic E-state index is 12.7. The van der Waals surface area contributed by atoms with Crippen molar-refractivity contribution in [3.63, 3.8) is 0 Å². The van der Waals surface area contributed by atoms with E-state index in [0.29, 0.717) is 19.4 Å². The minimum Gasteiger partial charge on any atom is -0.463 e. The quantitative estimate of drug-likeness (QED) is 0.0369. The lowest BCUT2D eigenvalue weighted by Crippen LogP contribution is -2.39. The van der Waals surface area contributed by atoms with Crippen LogP contribution in [-0.4, -0.2) is 70.8 Å². The Morgan fingerprint density at radius 1 is 0.527 bits per heavy atom. The van der Waals surface area contributed by atoms with Crippen LogP contribution in [0.4, 0.5) is 0 Å². The van der Waals surface area contributed by atoms with Crippen molar-refractivity contribution in [1.29, 1.82) is 0 Å². The molecule has 0 radical (unpaired) electrons. The minimum absolute atomic E-state index is 0.182. The summed E-state index contributed by atoms with van der Waals surface area (Å²) in [7, 11) is -4.14. The molecule has 0 aliphatic rings. The van der Waals surface area contributed by atoms with Crippen molar-refractivity contribution in [3.05, 3.63) is 24.3 Å². The van der Waals surface area contributed by atoms with Gasteiger partial charge < -0.3 is 14.4 Å². The number of esters is 2. The highest BCUT2D eigenvalue weighted by molar-refractivity contribution is 7.84. The molecule has 9 nitrogen and oxygen atoms in total. The average Bonchev–Trinajstić information content (AvgIpc) is 3.17. The van der Waals surface area contributed by atoms with Crippen molar-refractivity contribution in [2.75, 3.05) is 39.4 Å². The largest absolute Gasteiger partial charge is 0.463 e. The van der Waals surface area contributed by atoms with Crippen molar-refractivity contribution >= 4 is 22.2 Å². The zero-order valence-corrected chi connectivity index (χ0v) is 37.0. The monoisotopic (exact) mass is 799 g/mol. The third-order valence-electron chi connectivity index (χ3n) is 10.0. The van der Waals surface area contributed by atoms with Crippen LogP contribution in [0.25, 0.3) is 0 Å². The molecular formula is C45H86N2O7S. The van der Waals surface area contributed by atoms with Gasteiger partial charge in [0.15, 0.2) is 0 Å². The smallest absolute Gasteiger partial charge is 0.336 e. The van der Waals surface area contributed by atoms with Gasteiger partial charge >= 0.3 is 22.2 Å². The maximum Gasteiger partial charge on any atom is 0.336 e. The normalized spacial score (nSPS) is 12.7. The fourth-order valence-corrected chi connectivity index (χ4v) is 7.26. The van der Waals surface area contributed by atoms with Gasteiger partial charge in [0, 0.05) is 25.9 Å². The number of nitrogens with one attached hydrogen (secondary N) is 1. The molecule has 0 aliphatic heterocycles. The summed E-state index contributed by atoms with van der Waals surface area (Å²) >= 11 is 0. The average molecular weight is 799 g/mol. The van der Waals surface area contributed by atoms with E-state index in [2.05, 4.69) is 47.8 Å². The Bertz CT molecular complexity index is 974. The number of allylic oxidation sites excluding steroid dienone is 4. The highest BCUT2D eigenvalue weighted by atomic mass is 32.2. The molecule has 0 amide bonds. The molecule has 0 bridgehead atoms. The fourth-order valence-electron chi connectivity index (χ4n) is 6.38. The molecule has 10 heteroatoms. The predicted octanol–water partition coefficient (Wildman–Crippen LogP) is 11.7. The molecule has 1 N–H and O–H groups in total. The number of rotatable bonds is 42. The molecule has 0 saturated carbocycles. The second kappa shape index (κ2) is 40.4.